The molecule has 1 aliphatic rings. The van der Waals surface area contributed by atoms with Crippen LogP contribution in [0.4, 0.5) is 5.82 Å². The van der Waals surface area contributed by atoms with Crippen molar-refractivity contribution in [3.8, 4) is 6.01 Å². The number of rotatable bonds is 3. The molecular weight excluding hydrogens is 234 g/mol. The molecule has 0 bridgehead atoms. The molecule has 3 N–H and O–H groups in total. The monoisotopic (exact) mass is 249 g/mol. The number of aromatic nitrogens is 4. The fourth-order valence-corrected chi connectivity index (χ4v) is 2.01. The number of fused-ring (bicyclic) bond motifs is 1. The molecule has 18 heavy (non-hydrogen) atoms. The lowest BCUT2D eigenvalue weighted by Gasteiger charge is -2.21. The quantitative estimate of drug-likeness (QED) is 0.832. The SMILES string of the molecule is Nc1nc(OCC2CCOCC2)nc2[nH]cnc12. The van der Waals surface area contributed by atoms with Gasteiger partial charge in [-0.15, -0.1) is 0 Å². The van der Waals surface area contributed by atoms with E-state index in [4.69, 9.17) is 15.2 Å². The van der Waals surface area contributed by atoms with Crippen molar-refractivity contribution in [3.63, 3.8) is 0 Å². The van der Waals surface area contributed by atoms with Crippen LogP contribution in [0.25, 0.3) is 11.2 Å². The largest absolute Gasteiger partial charge is 0.463 e. The van der Waals surface area contributed by atoms with Gasteiger partial charge < -0.3 is 20.2 Å². The van der Waals surface area contributed by atoms with E-state index in [-0.39, 0.29) is 0 Å². The lowest BCUT2D eigenvalue weighted by molar-refractivity contribution is 0.0483. The van der Waals surface area contributed by atoms with Crippen molar-refractivity contribution in [2.45, 2.75) is 12.8 Å². The van der Waals surface area contributed by atoms with Gasteiger partial charge in [0.15, 0.2) is 11.5 Å². The van der Waals surface area contributed by atoms with Gasteiger partial charge in [-0.1, -0.05) is 0 Å². The van der Waals surface area contributed by atoms with Crippen LogP contribution >= 0.6 is 0 Å². The first kappa shape index (κ1) is 11.2. The van der Waals surface area contributed by atoms with Crippen molar-refractivity contribution < 1.29 is 9.47 Å². The van der Waals surface area contributed by atoms with Gasteiger partial charge in [0.25, 0.3) is 0 Å². The zero-order valence-electron chi connectivity index (χ0n) is 9.93. The molecule has 0 amide bonds. The molecule has 3 rings (SSSR count). The molecule has 0 spiro atoms. The summed E-state index contributed by atoms with van der Waals surface area (Å²) in [6.07, 6.45) is 3.57. The van der Waals surface area contributed by atoms with Crippen LogP contribution in [0.1, 0.15) is 12.8 Å². The van der Waals surface area contributed by atoms with Crippen LogP contribution in [-0.2, 0) is 4.74 Å². The molecule has 0 aromatic carbocycles. The lowest BCUT2D eigenvalue weighted by atomic mass is 10.0. The van der Waals surface area contributed by atoms with E-state index in [2.05, 4.69) is 19.9 Å². The second-order valence-corrected chi connectivity index (χ2v) is 4.36. The van der Waals surface area contributed by atoms with Gasteiger partial charge in [0.2, 0.25) is 0 Å². The number of nitrogens with zero attached hydrogens (tertiary/aromatic N) is 3. The summed E-state index contributed by atoms with van der Waals surface area (Å²) in [7, 11) is 0. The van der Waals surface area contributed by atoms with Crippen LogP contribution in [0.3, 0.4) is 0 Å². The third-order valence-corrected chi connectivity index (χ3v) is 3.07. The highest BCUT2D eigenvalue weighted by atomic mass is 16.5. The molecule has 7 heteroatoms. The molecule has 0 unspecified atom stereocenters. The van der Waals surface area contributed by atoms with E-state index in [0.29, 0.717) is 35.5 Å². The molecule has 96 valence electrons. The molecule has 1 saturated heterocycles. The zero-order valence-corrected chi connectivity index (χ0v) is 9.93. The van der Waals surface area contributed by atoms with Crippen molar-refractivity contribution in [1.29, 1.82) is 0 Å². The second-order valence-electron chi connectivity index (χ2n) is 4.36. The van der Waals surface area contributed by atoms with Crippen LogP contribution in [-0.4, -0.2) is 39.8 Å². The Morgan fingerprint density at radius 1 is 1.39 bits per heavy atom. The van der Waals surface area contributed by atoms with Gasteiger partial charge in [-0.2, -0.15) is 9.97 Å². The van der Waals surface area contributed by atoms with Gasteiger partial charge in [-0.05, 0) is 18.8 Å². The fourth-order valence-electron chi connectivity index (χ4n) is 2.01. The number of nitrogens with one attached hydrogen (secondary N) is 1. The molecular formula is C11H15N5O2. The van der Waals surface area contributed by atoms with Gasteiger partial charge in [0, 0.05) is 13.2 Å². The molecule has 0 atom stereocenters. The summed E-state index contributed by atoms with van der Waals surface area (Å²) >= 11 is 0. The van der Waals surface area contributed by atoms with E-state index in [1.54, 1.807) is 0 Å². The summed E-state index contributed by atoms with van der Waals surface area (Å²) in [5.41, 5.74) is 6.96. The summed E-state index contributed by atoms with van der Waals surface area (Å²) in [6, 6.07) is 0.302. The van der Waals surface area contributed by atoms with Gasteiger partial charge >= 0.3 is 6.01 Å². The molecule has 0 saturated carbocycles. The van der Waals surface area contributed by atoms with E-state index in [1.165, 1.54) is 6.33 Å². The number of H-pyrrole nitrogens is 1. The Labute approximate surface area is 104 Å². The summed E-state index contributed by atoms with van der Waals surface area (Å²) in [5.74, 6) is 0.837. The molecule has 7 nitrogen and oxygen atoms in total. The van der Waals surface area contributed by atoms with E-state index < -0.39 is 0 Å². The molecule has 2 aromatic heterocycles. The van der Waals surface area contributed by atoms with Crippen LogP contribution < -0.4 is 10.5 Å². The highest BCUT2D eigenvalue weighted by Crippen LogP contribution is 2.19. The molecule has 0 radical (unpaired) electrons. The van der Waals surface area contributed by atoms with Gasteiger partial charge in [0.1, 0.15) is 5.52 Å². The highest BCUT2D eigenvalue weighted by Gasteiger charge is 2.16. The minimum Gasteiger partial charge on any atom is -0.463 e. The number of imidazole rings is 1. The standard InChI is InChI=1S/C11H15N5O2/c12-9-8-10(14-6-13-8)16-11(15-9)18-5-7-1-3-17-4-2-7/h6-7H,1-5H2,(H3,12,13,14,15,16). The van der Waals surface area contributed by atoms with E-state index in [9.17, 15) is 0 Å². The average Bonchev–Trinajstić information content (AvgIpc) is 2.86. The van der Waals surface area contributed by atoms with Crippen LogP contribution in [0, 0.1) is 5.92 Å². The van der Waals surface area contributed by atoms with E-state index in [0.717, 1.165) is 26.1 Å². The van der Waals surface area contributed by atoms with Crippen molar-refractivity contribution in [2.24, 2.45) is 5.92 Å². The van der Waals surface area contributed by atoms with E-state index in [1.807, 2.05) is 0 Å². The molecule has 3 heterocycles. The number of nitrogen functional groups attached to an aromatic ring is 1. The Morgan fingerprint density at radius 3 is 3.06 bits per heavy atom. The molecule has 2 aromatic rings. The maximum Gasteiger partial charge on any atom is 0.320 e. The highest BCUT2D eigenvalue weighted by molar-refractivity contribution is 5.81. The Balaban J connectivity index is 1.70. The minimum atomic E-state index is 0.302. The van der Waals surface area contributed by atoms with Crippen molar-refractivity contribution in [3.05, 3.63) is 6.33 Å². The fraction of sp³-hybridized carbons (Fsp3) is 0.545. The number of hydrogen-bond acceptors (Lipinski definition) is 6. The smallest absolute Gasteiger partial charge is 0.320 e. The molecule has 1 fully saturated rings. The first-order chi connectivity index (χ1) is 8.83. The average molecular weight is 249 g/mol. The van der Waals surface area contributed by atoms with Crippen molar-refractivity contribution >= 4 is 17.0 Å². The second kappa shape index (κ2) is 4.77. The lowest BCUT2D eigenvalue weighted by Crippen LogP contribution is -2.22. The summed E-state index contributed by atoms with van der Waals surface area (Å²) in [6.45, 7) is 2.20. The minimum absolute atomic E-state index is 0.302. The third-order valence-electron chi connectivity index (χ3n) is 3.07. The predicted octanol–water partition coefficient (Wildman–Crippen LogP) is 0.740. The first-order valence-corrected chi connectivity index (χ1v) is 6.00. The maximum atomic E-state index is 5.78. The summed E-state index contributed by atoms with van der Waals surface area (Å²) < 4.78 is 10.9. The number of nitrogens with two attached hydrogens (primary N) is 1. The normalized spacial score (nSPS) is 17.1. The molecule has 0 aliphatic carbocycles. The van der Waals surface area contributed by atoms with Crippen molar-refractivity contribution in [2.75, 3.05) is 25.6 Å². The Kier molecular flexibility index (Phi) is 2.97. The zero-order chi connectivity index (χ0) is 12.4. The maximum absolute atomic E-state index is 5.78. The third kappa shape index (κ3) is 2.21. The van der Waals surface area contributed by atoms with Gasteiger partial charge in [-0.3, -0.25) is 0 Å². The Morgan fingerprint density at radius 2 is 2.22 bits per heavy atom. The van der Waals surface area contributed by atoms with Crippen LogP contribution in [0.15, 0.2) is 6.33 Å². The number of hydrogen-bond donors (Lipinski definition) is 2. The number of ether oxygens (including phenoxy) is 2. The Bertz CT molecular complexity index is 535. The van der Waals surface area contributed by atoms with Crippen LogP contribution in [0.2, 0.25) is 0 Å². The van der Waals surface area contributed by atoms with Gasteiger partial charge in [-0.25, -0.2) is 4.98 Å². The molecule has 1 aliphatic heterocycles. The first-order valence-electron chi connectivity index (χ1n) is 6.00. The predicted molar refractivity (Wildman–Crippen MR) is 65.1 cm³/mol. The number of anilines is 1. The summed E-state index contributed by atoms with van der Waals surface area (Å²) in [5, 5.41) is 0. The topological polar surface area (TPSA) is 98.9 Å². The number of aromatic amines is 1. The van der Waals surface area contributed by atoms with Gasteiger partial charge in [0.05, 0.1) is 12.9 Å². The Hall–Kier alpha value is -1.89. The van der Waals surface area contributed by atoms with Crippen LogP contribution in [0.5, 0.6) is 6.01 Å². The summed E-state index contributed by atoms with van der Waals surface area (Å²) in [4.78, 5) is 15.2. The van der Waals surface area contributed by atoms with E-state index >= 15 is 0 Å². The van der Waals surface area contributed by atoms with Crippen molar-refractivity contribution in [1.82, 2.24) is 19.9 Å².